The lowest BCUT2D eigenvalue weighted by Crippen LogP contribution is -2.40. The number of halogens is 3. The zero-order valence-corrected chi connectivity index (χ0v) is 23.3. The van der Waals surface area contributed by atoms with E-state index in [0.29, 0.717) is 23.2 Å². The predicted molar refractivity (Wildman–Crippen MR) is 148 cm³/mol. The van der Waals surface area contributed by atoms with Gasteiger partial charge in [0.2, 0.25) is 5.91 Å². The minimum Gasteiger partial charge on any atom is -0.481 e. The normalized spacial score (nSPS) is 15.1. The number of ether oxygens (including phenoxy) is 2. The van der Waals surface area contributed by atoms with Gasteiger partial charge in [-0.05, 0) is 54.2 Å². The van der Waals surface area contributed by atoms with E-state index in [0.717, 1.165) is 43.5 Å². The number of carbonyl (C=O) groups is 2. The molecule has 0 saturated heterocycles. The lowest BCUT2D eigenvalue weighted by atomic mass is 9.91. The van der Waals surface area contributed by atoms with Crippen molar-refractivity contribution in [2.24, 2.45) is 5.92 Å². The van der Waals surface area contributed by atoms with Gasteiger partial charge >= 0.3 is 12.3 Å². The van der Waals surface area contributed by atoms with E-state index in [1.54, 1.807) is 0 Å². The van der Waals surface area contributed by atoms with Crippen molar-refractivity contribution < 1.29 is 37.3 Å². The van der Waals surface area contributed by atoms with Crippen molar-refractivity contribution >= 4 is 23.3 Å². The van der Waals surface area contributed by atoms with E-state index in [4.69, 9.17) is 4.74 Å². The maximum atomic E-state index is 13.2. The van der Waals surface area contributed by atoms with Crippen molar-refractivity contribution in [2.45, 2.75) is 77.1 Å². The topological polar surface area (TPSA) is 88.1 Å². The Bertz CT molecular complexity index is 1120. The highest BCUT2D eigenvalue weighted by molar-refractivity contribution is 5.96. The van der Waals surface area contributed by atoms with Crippen LogP contribution in [0.3, 0.4) is 0 Å². The minimum absolute atomic E-state index is 0.0554. The second kappa shape index (κ2) is 14.4. The molecule has 0 bridgehead atoms. The van der Waals surface area contributed by atoms with Gasteiger partial charge in [-0.25, -0.2) is 0 Å². The molecule has 10 heteroatoms. The number of benzene rings is 2. The molecule has 1 saturated carbocycles. The van der Waals surface area contributed by atoms with Crippen LogP contribution in [-0.2, 0) is 20.7 Å². The van der Waals surface area contributed by atoms with Crippen molar-refractivity contribution in [1.29, 1.82) is 0 Å². The molecule has 1 aliphatic carbocycles. The van der Waals surface area contributed by atoms with Crippen LogP contribution in [-0.4, -0.2) is 49.6 Å². The summed E-state index contributed by atoms with van der Waals surface area (Å²) in [5, 5.41) is 12.5. The molecule has 2 N–H and O–H groups in total. The molecule has 7 nitrogen and oxygen atoms in total. The Morgan fingerprint density at radius 1 is 1.07 bits per heavy atom. The molecule has 1 fully saturated rings. The van der Waals surface area contributed by atoms with Crippen LogP contribution in [0, 0.1) is 5.92 Å². The summed E-state index contributed by atoms with van der Waals surface area (Å²) < 4.78 is 46.7. The summed E-state index contributed by atoms with van der Waals surface area (Å²) in [4.78, 5) is 27.1. The molecule has 0 spiro atoms. The Hall–Kier alpha value is -3.27. The third-order valence-corrected chi connectivity index (χ3v) is 6.96. The van der Waals surface area contributed by atoms with Gasteiger partial charge < -0.3 is 24.8 Å². The van der Waals surface area contributed by atoms with Crippen molar-refractivity contribution in [3.63, 3.8) is 0 Å². The lowest BCUT2D eigenvalue weighted by Gasteiger charge is -2.38. The zero-order valence-electron chi connectivity index (χ0n) is 23.3. The van der Waals surface area contributed by atoms with Crippen LogP contribution in [0.1, 0.15) is 69.4 Å². The molecule has 3 rings (SSSR count). The summed E-state index contributed by atoms with van der Waals surface area (Å²) in [6, 6.07) is 11.2. The fourth-order valence-corrected chi connectivity index (χ4v) is 5.26. The molecule has 1 atom stereocenters. The number of aliphatic carboxylic acids is 1. The average Bonchev–Trinajstić information content (AvgIpc) is 2.87. The van der Waals surface area contributed by atoms with Crippen LogP contribution in [0.25, 0.3) is 0 Å². The fourth-order valence-electron chi connectivity index (χ4n) is 5.26. The summed E-state index contributed by atoms with van der Waals surface area (Å²) in [6.45, 7) is 5.31. The third kappa shape index (κ3) is 9.73. The van der Waals surface area contributed by atoms with E-state index in [1.807, 2.05) is 18.2 Å². The van der Waals surface area contributed by atoms with Crippen LogP contribution in [0.4, 0.5) is 24.5 Å². The monoisotopic (exact) mass is 564 g/mol. The van der Waals surface area contributed by atoms with E-state index in [2.05, 4.69) is 28.8 Å². The number of hydrogen-bond acceptors (Lipinski definition) is 5. The molecular formula is C30H39F3N2O5. The second-order valence-corrected chi connectivity index (χ2v) is 10.8. The number of carbonyl (C=O) groups excluding carboxylic acids is 1. The Morgan fingerprint density at radius 3 is 2.33 bits per heavy atom. The Morgan fingerprint density at radius 2 is 1.75 bits per heavy atom. The molecule has 0 radical (unpaired) electrons. The third-order valence-electron chi connectivity index (χ3n) is 6.96. The van der Waals surface area contributed by atoms with Gasteiger partial charge in [0.1, 0.15) is 5.75 Å². The number of anilines is 2. The minimum atomic E-state index is -4.79. The lowest BCUT2D eigenvalue weighted by molar-refractivity contribution is -0.274. The highest BCUT2D eigenvalue weighted by Crippen LogP contribution is 2.36. The number of nitrogens with zero attached hydrogens (tertiary/aromatic N) is 1. The molecule has 1 unspecified atom stereocenters. The number of alkyl halides is 3. The van der Waals surface area contributed by atoms with Gasteiger partial charge in [0, 0.05) is 25.6 Å². The standard InChI is InChI=1S/C30H39F3N2O5/c1-20(2)18-35(24-7-5-4-6-8-24)27-14-11-22(23(19-39-3)17-29(37)38)16-26(27)34-28(36)15-21-9-12-25(13-10-21)40-30(31,32)33/h9-14,16,20,23-24H,4-8,15,17-19H2,1-3H3,(H,34,36)(H,37,38). The first-order valence-electron chi connectivity index (χ1n) is 13.7. The van der Waals surface area contributed by atoms with Gasteiger partial charge in [-0.3, -0.25) is 9.59 Å². The molecule has 0 aromatic heterocycles. The van der Waals surface area contributed by atoms with Crippen molar-refractivity contribution in [3.05, 3.63) is 53.6 Å². The van der Waals surface area contributed by atoms with Crippen molar-refractivity contribution in [1.82, 2.24) is 0 Å². The van der Waals surface area contributed by atoms with Crippen LogP contribution in [0.5, 0.6) is 5.75 Å². The number of hydrogen-bond donors (Lipinski definition) is 2. The fraction of sp³-hybridized carbons (Fsp3) is 0.533. The summed E-state index contributed by atoms with van der Waals surface area (Å²) in [6.07, 6.45) is 0.630. The van der Waals surface area contributed by atoms with Gasteiger partial charge in [-0.2, -0.15) is 0 Å². The number of carboxylic acid groups (broad SMARTS) is 1. The maximum Gasteiger partial charge on any atom is 0.573 e. The molecule has 2 aromatic carbocycles. The summed E-state index contributed by atoms with van der Waals surface area (Å²) >= 11 is 0. The highest BCUT2D eigenvalue weighted by atomic mass is 19.4. The second-order valence-electron chi connectivity index (χ2n) is 10.8. The molecule has 1 aliphatic rings. The smallest absolute Gasteiger partial charge is 0.481 e. The summed E-state index contributed by atoms with van der Waals surface area (Å²) in [5.74, 6) is -1.67. The van der Waals surface area contributed by atoms with Gasteiger partial charge in [-0.15, -0.1) is 13.2 Å². The van der Waals surface area contributed by atoms with Crippen molar-refractivity contribution in [3.8, 4) is 5.75 Å². The predicted octanol–water partition coefficient (Wildman–Crippen LogP) is 6.77. The molecule has 1 amide bonds. The Labute approximate surface area is 233 Å². The van der Waals surface area contributed by atoms with E-state index in [-0.39, 0.29) is 31.1 Å². The van der Waals surface area contributed by atoms with Gasteiger partial charge in [0.25, 0.3) is 0 Å². The average molecular weight is 565 g/mol. The summed E-state index contributed by atoms with van der Waals surface area (Å²) in [7, 11) is 1.52. The number of rotatable bonds is 13. The van der Waals surface area contributed by atoms with E-state index >= 15 is 0 Å². The first-order valence-corrected chi connectivity index (χ1v) is 13.7. The van der Waals surface area contributed by atoms with Gasteiger partial charge in [0.15, 0.2) is 0 Å². The number of nitrogens with one attached hydrogen (secondary N) is 1. The number of methoxy groups -OCH3 is 1. The quantitative estimate of drug-likeness (QED) is 0.279. The van der Waals surface area contributed by atoms with Crippen LogP contribution < -0.4 is 15.0 Å². The Kier molecular flexibility index (Phi) is 11.2. The Balaban J connectivity index is 1.92. The highest BCUT2D eigenvalue weighted by Gasteiger charge is 2.31. The van der Waals surface area contributed by atoms with Crippen LogP contribution >= 0.6 is 0 Å². The van der Waals surface area contributed by atoms with E-state index in [9.17, 15) is 27.9 Å². The van der Waals surface area contributed by atoms with Crippen molar-refractivity contribution in [2.75, 3.05) is 30.5 Å². The molecule has 2 aromatic rings. The molecule has 0 heterocycles. The van der Waals surface area contributed by atoms with Gasteiger partial charge in [-0.1, -0.05) is 51.3 Å². The van der Waals surface area contributed by atoms with E-state index in [1.165, 1.54) is 37.8 Å². The SMILES string of the molecule is COCC(CC(=O)O)c1ccc(N(CC(C)C)C2CCCCC2)c(NC(=O)Cc2ccc(OC(F)(F)F)cc2)c1. The maximum absolute atomic E-state index is 13.2. The van der Waals surface area contributed by atoms with Gasteiger partial charge in [0.05, 0.1) is 30.8 Å². The molecular weight excluding hydrogens is 525 g/mol. The molecule has 40 heavy (non-hydrogen) atoms. The van der Waals surface area contributed by atoms with Crippen LogP contribution in [0.15, 0.2) is 42.5 Å². The zero-order chi connectivity index (χ0) is 29.3. The first-order chi connectivity index (χ1) is 18.9. The van der Waals surface area contributed by atoms with E-state index < -0.39 is 18.2 Å². The molecule has 220 valence electrons. The number of amides is 1. The first kappa shape index (κ1) is 31.3. The summed E-state index contributed by atoms with van der Waals surface area (Å²) in [5.41, 5.74) is 2.72. The largest absolute Gasteiger partial charge is 0.573 e. The molecule has 0 aliphatic heterocycles. The van der Waals surface area contributed by atoms with Crippen LogP contribution in [0.2, 0.25) is 0 Å². The number of carboxylic acids is 1.